The molecule has 0 atom stereocenters. The number of amides is 1. The number of nitrogens with zero attached hydrogens (tertiary/aromatic N) is 3. The minimum Gasteiger partial charge on any atom is -0.464 e. The number of fused-ring (bicyclic) bond motifs is 1. The minimum atomic E-state index is -2.47. The van der Waals surface area contributed by atoms with Crippen LogP contribution in [0, 0.1) is 12.8 Å². The molecule has 0 radical (unpaired) electrons. The zero-order chi connectivity index (χ0) is 22.5. The van der Waals surface area contributed by atoms with Gasteiger partial charge in [0.1, 0.15) is 0 Å². The molecule has 1 aliphatic carbocycles. The summed E-state index contributed by atoms with van der Waals surface area (Å²) in [6.45, 7) is 4.13. The van der Waals surface area contributed by atoms with E-state index in [2.05, 4.69) is 20.2 Å². The first-order valence-corrected chi connectivity index (χ1v) is 12.9. The van der Waals surface area contributed by atoms with E-state index in [0.717, 1.165) is 78.6 Å². The molecule has 0 aromatic carbocycles. The molecule has 1 amide bonds. The lowest BCUT2D eigenvalue weighted by Gasteiger charge is -2.32. The summed E-state index contributed by atoms with van der Waals surface area (Å²) in [6.07, 6.45) is 6.17. The zero-order valence-corrected chi connectivity index (χ0v) is 20.0. The fraction of sp³-hybridized carbons (Fsp3) is 0.682. The summed E-state index contributed by atoms with van der Waals surface area (Å²) < 4.78 is 29.8. The molecule has 0 spiro atoms. The number of hydrogen-bond donors (Lipinski definition) is 1. The van der Waals surface area contributed by atoms with E-state index in [1.54, 1.807) is 17.5 Å². The van der Waals surface area contributed by atoms with Crippen molar-refractivity contribution in [2.75, 3.05) is 19.7 Å². The summed E-state index contributed by atoms with van der Waals surface area (Å²) in [5.41, 5.74) is 0.980. The Balaban J connectivity index is 1.14. The van der Waals surface area contributed by atoms with Crippen LogP contribution in [-0.2, 0) is 24.2 Å². The third kappa shape index (κ3) is 6.68. The summed E-state index contributed by atoms with van der Waals surface area (Å²) in [6, 6.07) is 0.284. The maximum Gasteiger partial charge on any atom is 0.273 e. The molecular formula is C22H30F2N4O2S2. The number of alkyl halides is 2. The predicted molar refractivity (Wildman–Crippen MR) is 122 cm³/mol. The van der Waals surface area contributed by atoms with E-state index < -0.39 is 13.0 Å². The fourth-order valence-electron chi connectivity index (χ4n) is 4.50. The summed E-state index contributed by atoms with van der Waals surface area (Å²) >= 11 is 2.98. The highest BCUT2D eigenvalue weighted by Gasteiger charge is 2.25. The Hall–Kier alpha value is -1.65. The van der Waals surface area contributed by atoms with Crippen LogP contribution in [0.15, 0.2) is 6.20 Å². The number of nitrogens with one attached hydrogen (secondary N) is 1. The monoisotopic (exact) mass is 484 g/mol. The lowest BCUT2D eigenvalue weighted by Crippen LogP contribution is -2.39. The molecule has 0 saturated heterocycles. The molecule has 176 valence electrons. The van der Waals surface area contributed by atoms with Gasteiger partial charge in [-0.1, -0.05) is 11.3 Å². The Morgan fingerprint density at radius 3 is 2.84 bits per heavy atom. The second-order valence-electron chi connectivity index (χ2n) is 8.67. The summed E-state index contributed by atoms with van der Waals surface area (Å²) in [5, 5.41) is 4.55. The third-order valence-corrected chi connectivity index (χ3v) is 8.17. The van der Waals surface area contributed by atoms with Crippen LogP contribution in [0.2, 0.25) is 0 Å². The highest BCUT2D eigenvalue weighted by molar-refractivity contribution is 7.13. The SMILES string of the molecule is Cc1ncc(CC(=O)NC2CCC(CCN3CCc4sc(OCC(F)F)nc4C3)CC2)s1. The van der Waals surface area contributed by atoms with Gasteiger partial charge in [-0.05, 0) is 57.9 Å². The molecule has 2 aromatic heterocycles. The van der Waals surface area contributed by atoms with Crippen molar-refractivity contribution < 1.29 is 18.3 Å². The van der Waals surface area contributed by atoms with Crippen molar-refractivity contribution in [1.29, 1.82) is 0 Å². The van der Waals surface area contributed by atoms with Crippen LogP contribution in [0.25, 0.3) is 0 Å². The molecule has 2 aromatic rings. The molecule has 1 saturated carbocycles. The highest BCUT2D eigenvalue weighted by atomic mass is 32.1. The summed E-state index contributed by atoms with van der Waals surface area (Å²) in [7, 11) is 0. The van der Waals surface area contributed by atoms with E-state index in [4.69, 9.17) is 4.74 Å². The number of ether oxygens (including phenoxy) is 1. The predicted octanol–water partition coefficient (Wildman–Crippen LogP) is 4.22. The van der Waals surface area contributed by atoms with E-state index in [9.17, 15) is 13.6 Å². The van der Waals surface area contributed by atoms with Crippen molar-refractivity contribution in [2.24, 2.45) is 5.92 Å². The molecule has 6 nitrogen and oxygen atoms in total. The number of aryl methyl sites for hydroxylation is 1. The van der Waals surface area contributed by atoms with E-state index in [-0.39, 0.29) is 11.9 Å². The number of hydrogen-bond acceptors (Lipinski definition) is 7. The van der Waals surface area contributed by atoms with Crippen LogP contribution in [0.3, 0.4) is 0 Å². The quantitative estimate of drug-likeness (QED) is 0.577. The third-order valence-electron chi connectivity index (χ3n) is 6.19. The van der Waals surface area contributed by atoms with Gasteiger partial charge in [0.15, 0.2) is 6.61 Å². The van der Waals surface area contributed by atoms with Gasteiger partial charge in [-0.3, -0.25) is 9.69 Å². The number of carbonyl (C=O) groups excluding carboxylic acids is 1. The molecule has 10 heteroatoms. The molecule has 0 unspecified atom stereocenters. The van der Waals surface area contributed by atoms with Crippen LogP contribution >= 0.6 is 22.7 Å². The second-order valence-corrected chi connectivity index (χ2v) is 11.0. The Morgan fingerprint density at radius 2 is 2.12 bits per heavy atom. The van der Waals surface area contributed by atoms with Gasteiger partial charge in [-0.25, -0.2) is 18.7 Å². The van der Waals surface area contributed by atoms with Crippen LogP contribution < -0.4 is 10.1 Å². The molecule has 4 rings (SSSR count). The molecule has 1 N–H and O–H groups in total. The van der Waals surface area contributed by atoms with Gasteiger partial charge in [0.25, 0.3) is 11.6 Å². The molecular weight excluding hydrogens is 454 g/mol. The fourth-order valence-corrected chi connectivity index (χ4v) is 6.21. The Morgan fingerprint density at radius 1 is 1.31 bits per heavy atom. The molecule has 1 aliphatic heterocycles. The maximum absolute atomic E-state index is 12.3. The summed E-state index contributed by atoms with van der Waals surface area (Å²) in [4.78, 5) is 25.5. The zero-order valence-electron chi connectivity index (χ0n) is 18.3. The first-order valence-electron chi connectivity index (χ1n) is 11.3. The van der Waals surface area contributed by atoms with E-state index in [0.29, 0.717) is 17.5 Å². The van der Waals surface area contributed by atoms with Crippen LogP contribution in [0.1, 0.15) is 52.6 Å². The number of thiazole rings is 2. The van der Waals surface area contributed by atoms with Crippen LogP contribution in [0.4, 0.5) is 8.78 Å². The first-order chi connectivity index (χ1) is 15.4. The van der Waals surface area contributed by atoms with Crippen molar-refractivity contribution in [3.05, 3.63) is 26.7 Å². The van der Waals surface area contributed by atoms with Crippen molar-refractivity contribution in [3.63, 3.8) is 0 Å². The van der Waals surface area contributed by atoms with Crippen LogP contribution in [-0.4, -0.2) is 52.9 Å². The summed E-state index contributed by atoms with van der Waals surface area (Å²) in [5.74, 6) is 0.787. The van der Waals surface area contributed by atoms with Crippen LogP contribution in [0.5, 0.6) is 5.19 Å². The number of aromatic nitrogens is 2. The Kier molecular flexibility index (Phi) is 8.07. The van der Waals surface area contributed by atoms with Gasteiger partial charge < -0.3 is 10.1 Å². The Labute approximate surface area is 195 Å². The van der Waals surface area contributed by atoms with E-state index >= 15 is 0 Å². The number of rotatable bonds is 9. The number of carbonyl (C=O) groups is 1. The van der Waals surface area contributed by atoms with Gasteiger partial charge in [0.2, 0.25) is 5.91 Å². The van der Waals surface area contributed by atoms with Gasteiger partial charge in [-0.15, -0.1) is 11.3 Å². The molecule has 32 heavy (non-hydrogen) atoms. The van der Waals surface area contributed by atoms with Gasteiger partial charge in [0.05, 0.1) is 17.1 Å². The average molecular weight is 485 g/mol. The lowest BCUT2D eigenvalue weighted by atomic mass is 9.84. The Bertz CT molecular complexity index is 896. The van der Waals surface area contributed by atoms with Crippen molar-refractivity contribution >= 4 is 28.6 Å². The highest BCUT2D eigenvalue weighted by Crippen LogP contribution is 2.31. The van der Waals surface area contributed by atoms with Crippen molar-refractivity contribution in [3.8, 4) is 5.19 Å². The molecule has 3 heterocycles. The van der Waals surface area contributed by atoms with E-state index in [1.165, 1.54) is 11.3 Å². The van der Waals surface area contributed by atoms with Gasteiger partial charge in [0, 0.05) is 35.1 Å². The van der Waals surface area contributed by atoms with Crippen molar-refractivity contribution in [1.82, 2.24) is 20.2 Å². The standard InChI is InChI=1S/C22H30F2N4O2S2/c1-14-25-11-17(31-14)10-21(29)26-16-4-2-15(3-5-16)6-8-28-9-7-19-18(12-28)27-22(32-19)30-13-20(23)24/h11,15-16,20H,2-10,12-13H2,1H3,(H,26,29). The maximum atomic E-state index is 12.3. The molecule has 1 fully saturated rings. The van der Waals surface area contributed by atoms with Crippen molar-refractivity contribution in [2.45, 2.75) is 70.9 Å². The smallest absolute Gasteiger partial charge is 0.273 e. The van der Waals surface area contributed by atoms with Gasteiger partial charge >= 0.3 is 0 Å². The molecule has 0 bridgehead atoms. The van der Waals surface area contributed by atoms with E-state index in [1.807, 2.05) is 6.92 Å². The second kappa shape index (κ2) is 11.0. The van der Waals surface area contributed by atoms with Gasteiger partial charge in [-0.2, -0.15) is 0 Å². The topological polar surface area (TPSA) is 67.4 Å². The molecule has 2 aliphatic rings. The normalized spacial score (nSPS) is 21.5. The number of halogens is 2. The largest absolute Gasteiger partial charge is 0.464 e. The average Bonchev–Trinajstić information content (AvgIpc) is 3.36. The first kappa shape index (κ1) is 23.5. The minimum absolute atomic E-state index is 0.0985. The lowest BCUT2D eigenvalue weighted by molar-refractivity contribution is -0.121.